The minimum absolute atomic E-state index is 0.0522. The van der Waals surface area contributed by atoms with Crippen LogP contribution in [0.2, 0.25) is 5.02 Å². The number of aromatic nitrogens is 4. The van der Waals surface area contributed by atoms with Crippen molar-refractivity contribution < 1.29 is 4.79 Å². The van der Waals surface area contributed by atoms with Crippen molar-refractivity contribution in [2.45, 2.75) is 45.2 Å². The zero-order chi connectivity index (χ0) is 21.8. The minimum Gasteiger partial charge on any atom is -0.382 e. The molecule has 1 aromatic heterocycles. The third-order valence-electron chi connectivity index (χ3n) is 5.71. The lowest BCUT2D eigenvalue weighted by molar-refractivity contribution is -0.136. The lowest BCUT2D eigenvalue weighted by atomic mass is 10.0. The standard InChI is InChI=1S/C23H27ClN6O/c1-3-21(30-27-22(26-28-30)17-6-8-18(24)9-7-17)23(31)29-14-12-20(13-15-29)25-19-10-4-16(2)5-11-19/h4-11,20-21,25H,3,12-15H2,1-2H3/t21-/m1/s1. The van der Waals surface area contributed by atoms with Gasteiger partial charge in [0.25, 0.3) is 0 Å². The number of anilines is 1. The Bertz CT molecular complexity index is 1010. The summed E-state index contributed by atoms with van der Waals surface area (Å²) in [5.41, 5.74) is 3.20. The third kappa shape index (κ3) is 5.05. The van der Waals surface area contributed by atoms with Crippen molar-refractivity contribution in [1.82, 2.24) is 25.1 Å². The van der Waals surface area contributed by atoms with Gasteiger partial charge in [0.15, 0.2) is 6.04 Å². The van der Waals surface area contributed by atoms with Gasteiger partial charge in [0.2, 0.25) is 11.7 Å². The molecular weight excluding hydrogens is 412 g/mol. The van der Waals surface area contributed by atoms with E-state index in [-0.39, 0.29) is 5.91 Å². The summed E-state index contributed by atoms with van der Waals surface area (Å²) in [6.07, 6.45) is 2.44. The van der Waals surface area contributed by atoms with Gasteiger partial charge in [-0.15, -0.1) is 10.2 Å². The molecule has 0 saturated carbocycles. The summed E-state index contributed by atoms with van der Waals surface area (Å²) in [6.45, 7) is 5.50. The maximum Gasteiger partial charge on any atom is 0.249 e. The van der Waals surface area contributed by atoms with E-state index in [0.29, 0.717) is 23.3 Å². The Labute approximate surface area is 187 Å². The second-order valence-corrected chi connectivity index (χ2v) is 8.41. The fraction of sp³-hybridized carbons (Fsp3) is 0.391. The van der Waals surface area contributed by atoms with Crippen molar-refractivity contribution in [3.63, 3.8) is 0 Å². The highest BCUT2D eigenvalue weighted by atomic mass is 35.5. The van der Waals surface area contributed by atoms with Crippen molar-refractivity contribution in [3.8, 4) is 11.4 Å². The Hall–Kier alpha value is -2.93. The zero-order valence-electron chi connectivity index (χ0n) is 17.8. The van der Waals surface area contributed by atoms with Crippen LogP contribution < -0.4 is 5.32 Å². The molecule has 4 rings (SSSR count). The van der Waals surface area contributed by atoms with Crippen LogP contribution in [-0.4, -0.2) is 50.1 Å². The predicted octanol–water partition coefficient (Wildman–Crippen LogP) is 4.36. The zero-order valence-corrected chi connectivity index (χ0v) is 18.6. The smallest absolute Gasteiger partial charge is 0.249 e. The fourth-order valence-electron chi connectivity index (χ4n) is 3.85. The molecule has 1 fully saturated rings. The van der Waals surface area contributed by atoms with Crippen LogP contribution in [0.4, 0.5) is 5.69 Å². The van der Waals surface area contributed by atoms with E-state index in [9.17, 15) is 4.79 Å². The molecule has 0 bridgehead atoms. The SMILES string of the molecule is CC[C@H](C(=O)N1CCC(Nc2ccc(C)cc2)CC1)n1nnc(-c2ccc(Cl)cc2)n1. The van der Waals surface area contributed by atoms with Crippen LogP contribution in [0.25, 0.3) is 11.4 Å². The van der Waals surface area contributed by atoms with Gasteiger partial charge in [0, 0.05) is 35.4 Å². The van der Waals surface area contributed by atoms with E-state index in [1.165, 1.54) is 10.4 Å². The van der Waals surface area contributed by atoms with E-state index in [1.54, 1.807) is 12.1 Å². The van der Waals surface area contributed by atoms with E-state index in [0.717, 1.165) is 37.2 Å². The molecule has 0 aliphatic carbocycles. The molecule has 162 valence electrons. The summed E-state index contributed by atoms with van der Waals surface area (Å²) in [4.78, 5) is 16.6. The number of nitrogens with zero attached hydrogens (tertiary/aromatic N) is 5. The molecule has 0 spiro atoms. The first-order chi connectivity index (χ1) is 15.0. The average molecular weight is 439 g/mol. The molecule has 3 aromatic rings. The number of hydrogen-bond donors (Lipinski definition) is 1. The van der Waals surface area contributed by atoms with Crippen LogP contribution in [-0.2, 0) is 4.79 Å². The highest BCUT2D eigenvalue weighted by Crippen LogP contribution is 2.22. The van der Waals surface area contributed by atoms with Crippen LogP contribution in [0, 0.1) is 6.92 Å². The molecule has 31 heavy (non-hydrogen) atoms. The highest BCUT2D eigenvalue weighted by molar-refractivity contribution is 6.30. The lowest BCUT2D eigenvalue weighted by Crippen LogP contribution is -2.45. The van der Waals surface area contributed by atoms with E-state index < -0.39 is 6.04 Å². The van der Waals surface area contributed by atoms with Crippen LogP contribution in [0.1, 0.15) is 37.8 Å². The van der Waals surface area contributed by atoms with E-state index in [4.69, 9.17) is 11.6 Å². The van der Waals surface area contributed by atoms with Gasteiger partial charge in [0.1, 0.15) is 0 Å². The van der Waals surface area contributed by atoms with Gasteiger partial charge in [-0.25, -0.2) is 0 Å². The van der Waals surface area contributed by atoms with Gasteiger partial charge in [-0.1, -0.05) is 36.2 Å². The first kappa shape index (κ1) is 21.3. The van der Waals surface area contributed by atoms with Crippen molar-refractivity contribution in [3.05, 3.63) is 59.1 Å². The second-order valence-electron chi connectivity index (χ2n) is 7.97. The van der Waals surface area contributed by atoms with Crippen molar-refractivity contribution in [2.75, 3.05) is 18.4 Å². The number of halogens is 1. The van der Waals surface area contributed by atoms with E-state index in [1.807, 2.05) is 24.0 Å². The number of aryl methyl sites for hydroxylation is 1. The van der Waals surface area contributed by atoms with Crippen molar-refractivity contribution >= 4 is 23.2 Å². The molecule has 2 aromatic carbocycles. The van der Waals surface area contributed by atoms with Gasteiger partial charge in [0.05, 0.1) is 0 Å². The predicted molar refractivity (Wildman–Crippen MR) is 122 cm³/mol. The number of carbonyl (C=O) groups is 1. The van der Waals surface area contributed by atoms with E-state index >= 15 is 0 Å². The Kier molecular flexibility index (Phi) is 6.51. The number of benzene rings is 2. The van der Waals surface area contributed by atoms with E-state index in [2.05, 4.69) is 51.9 Å². The molecule has 1 amide bonds. The van der Waals surface area contributed by atoms with Crippen LogP contribution >= 0.6 is 11.6 Å². The first-order valence-electron chi connectivity index (χ1n) is 10.7. The normalized spacial score (nSPS) is 15.6. The number of piperidine rings is 1. The Morgan fingerprint density at radius 2 is 1.81 bits per heavy atom. The molecular formula is C23H27ClN6O. The van der Waals surface area contributed by atoms with Gasteiger partial charge >= 0.3 is 0 Å². The number of hydrogen-bond acceptors (Lipinski definition) is 5. The Morgan fingerprint density at radius 3 is 2.45 bits per heavy atom. The summed E-state index contributed by atoms with van der Waals surface area (Å²) in [5.74, 6) is 0.542. The quantitative estimate of drug-likeness (QED) is 0.619. The summed E-state index contributed by atoms with van der Waals surface area (Å²) >= 11 is 5.95. The average Bonchev–Trinajstić information content (AvgIpc) is 3.26. The lowest BCUT2D eigenvalue weighted by Gasteiger charge is -2.34. The number of likely N-dealkylation sites (tertiary alicyclic amines) is 1. The van der Waals surface area contributed by atoms with Crippen LogP contribution in [0.3, 0.4) is 0 Å². The molecule has 2 heterocycles. The van der Waals surface area contributed by atoms with Crippen molar-refractivity contribution in [1.29, 1.82) is 0 Å². The topological polar surface area (TPSA) is 75.9 Å². The van der Waals surface area contributed by atoms with Gasteiger partial charge in [-0.05, 0) is 67.8 Å². The summed E-state index contributed by atoms with van der Waals surface area (Å²) in [6, 6.07) is 15.6. The van der Waals surface area contributed by atoms with Gasteiger partial charge in [-0.2, -0.15) is 4.80 Å². The van der Waals surface area contributed by atoms with Crippen LogP contribution in [0.5, 0.6) is 0 Å². The molecule has 1 aliphatic rings. The molecule has 0 unspecified atom stereocenters. The largest absolute Gasteiger partial charge is 0.382 e. The highest BCUT2D eigenvalue weighted by Gasteiger charge is 2.30. The first-order valence-corrected chi connectivity index (χ1v) is 11.1. The summed E-state index contributed by atoms with van der Waals surface area (Å²) in [5, 5.41) is 17.0. The summed E-state index contributed by atoms with van der Waals surface area (Å²) < 4.78 is 0. The minimum atomic E-state index is -0.449. The van der Waals surface area contributed by atoms with Gasteiger partial charge < -0.3 is 10.2 Å². The monoisotopic (exact) mass is 438 g/mol. The number of tetrazole rings is 1. The molecule has 0 radical (unpaired) electrons. The second kappa shape index (κ2) is 9.47. The maximum atomic E-state index is 13.2. The third-order valence-corrected chi connectivity index (χ3v) is 5.96. The molecule has 8 heteroatoms. The maximum absolute atomic E-state index is 13.2. The summed E-state index contributed by atoms with van der Waals surface area (Å²) in [7, 11) is 0. The number of rotatable bonds is 6. The van der Waals surface area contributed by atoms with Crippen molar-refractivity contribution in [2.24, 2.45) is 0 Å². The Morgan fingerprint density at radius 1 is 1.13 bits per heavy atom. The molecule has 1 N–H and O–H groups in total. The number of amides is 1. The van der Waals surface area contributed by atoms with Gasteiger partial charge in [-0.3, -0.25) is 4.79 Å². The number of nitrogens with one attached hydrogen (secondary N) is 1. The molecule has 1 saturated heterocycles. The molecule has 7 nitrogen and oxygen atoms in total. The fourth-order valence-corrected chi connectivity index (χ4v) is 3.97. The molecule has 1 atom stereocenters. The van der Waals surface area contributed by atoms with Crippen LogP contribution in [0.15, 0.2) is 48.5 Å². The molecule has 1 aliphatic heterocycles. The Balaban J connectivity index is 1.37. The number of carbonyl (C=O) groups excluding carboxylic acids is 1.